The van der Waals surface area contributed by atoms with Crippen LogP contribution in [0.15, 0.2) is 84.0 Å². The second kappa shape index (κ2) is 18.9. The number of aliphatic hydroxyl groups is 2. The summed E-state index contributed by atoms with van der Waals surface area (Å²) >= 11 is 0. The minimum absolute atomic E-state index is 0.0959. The molecule has 0 aliphatic rings. The Morgan fingerprint density at radius 1 is 0.865 bits per heavy atom. The molecule has 1 heterocycles. The smallest absolute Gasteiger partial charge is 0.433 e. The average Bonchev–Trinajstić information content (AvgIpc) is 3.12. The average molecular weight is 719 g/mol. The summed E-state index contributed by atoms with van der Waals surface area (Å²) in [5.74, 6) is -1.35. The molecule has 3 rings (SSSR count). The number of amides is 4. The maximum absolute atomic E-state index is 13.8. The maximum atomic E-state index is 13.8. The van der Waals surface area contributed by atoms with Crippen LogP contribution in [-0.4, -0.2) is 95.5 Å². The van der Waals surface area contributed by atoms with Gasteiger partial charge in [-0.25, -0.2) is 14.6 Å². The molecule has 0 bridgehead atoms. The number of carbonyl (C=O) groups excluding carboxylic acids is 4. The lowest BCUT2D eigenvalue weighted by Gasteiger charge is -2.35. The zero-order valence-corrected chi connectivity index (χ0v) is 30.8. The minimum atomic E-state index is -1.30. The number of pyridine rings is 1. The monoisotopic (exact) mass is 718 g/mol. The summed E-state index contributed by atoms with van der Waals surface area (Å²) in [4.78, 5) is 60.1. The van der Waals surface area contributed by atoms with Crippen LogP contribution in [0.1, 0.15) is 45.7 Å². The first-order valence-corrected chi connectivity index (χ1v) is 16.8. The number of hydrogen-bond donors (Lipinski definition) is 5. The van der Waals surface area contributed by atoms with E-state index in [-0.39, 0.29) is 25.2 Å². The summed E-state index contributed by atoms with van der Waals surface area (Å²) in [6.07, 6.45) is -1.23. The molecule has 0 radical (unpaired) electrons. The van der Waals surface area contributed by atoms with Crippen molar-refractivity contribution >= 4 is 29.7 Å². The van der Waals surface area contributed by atoms with E-state index in [1.165, 1.54) is 5.01 Å². The van der Waals surface area contributed by atoms with Gasteiger partial charge in [-0.2, -0.15) is 4.99 Å². The van der Waals surface area contributed by atoms with E-state index in [1.807, 2.05) is 72.8 Å². The highest BCUT2D eigenvalue weighted by Gasteiger charge is 2.38. The molecule has 3 atom stereocenters. The van der Waals surface area contributed by atoms with Gasteiger partial charge in [-0.3, -0.25) is 20.0 Å². The standard InChI is InChI=1S/C38H50N6O8/c1-37(2,3)31(41-35(49)51-6)34(48)43-44(22-26-16-18-27(19-17-26)28-15-11-12-20-39-28)23-30(46)29(21-25-13-9-8-10-14-25)40-33(47)32(38(4,5)24-45)42-36(50)52-7/h8-20,29-30,32,45-46H,21-24H2,1-7H3,(H,40,47)(H,42,50)(H,43,48)/t29-,30-,32+/m0/s1. The molecule has 0 saturated heterocycles. The first kappa shape index (κ1) is 41.2. The predicted molar refractivity (Wildman–Crippen MR) is 196 cm³/mol. The van der Waals surface area contributed by atoms with E-state index in [9.17, 15) is 29.4 Å². The van der Waals surface area contributed by atoms with Crippen molar-refractivity contribution in [2.24, 2.45) is 15.8 Å². The fourth-order valence-electron chi connectivity index (χ4n) is 5.23. The fraction of sp³-hybridized carbons (Fsp3) is 0.421. The Hall–Kier alpha value is -5.18. The van der Waals surface area contributed by atoms with E-state index in [0.29, 0.717) is 0 Å². The largest absolute Gasteiger partial charge is 0.453 e. The highest BCUT2D eigenvalue weighted by molar-refractivity contribution is 6.41. The molecule has 14 heteroatoms. The Morgan fingerprint density at radius 2 is 1.52 bits per heavy atom. The van der Waals surface area contributed by atoms with Crippen molar-refractivity contribution in [3.63, 3.8) is 0 Å². The highest BCUT2D eigenvalue weighted by atomic mass is 16.5. The number of ether oxygens (including phenoxy) is 2. The van der Waals surface area contributed by atoms with Gasteiger partial charge in [0.1, 0.15) is 11.8 Å². The van der Waals surface area contributed by atoms with Gasteiger partial charge in [-0.1, -0.05) is 95.3 Å². The van der Waals surface area contributed by atoms with Crippen molar-refractivity contribution in [1.29, 1.82) is 0 Å². The van der Waals surface area contributed by atoms with Crippen molar-refractivity contribution < 1.29 is 38.9 Å². The number of hydrogen-bond acceptors (Lipinski definition) is 10. The lowest BCUT2D eigenvalue weighted by Crippen LogP contribution is -2.60. The number of nitrogens with one attached hydrogen (secondary N) is 3. The number of benzene rings is 2. The van der Waals surface area contributed by atoms with Crippen LogP contribution in [0.2, 0.25) is 0 Å². The van der Waals surface area contributed by atoms with Gasteiger partial charge in [-0.15, -0.1) is 0 Å². The fourth-order valence-corrected chi connectivity index (χ4v) is 5.23. The summed E-state index contributed by atoms with van der Waals surface area (Å²) in [6.45, 7) is 7.86. The predicted octanol–water partition coefficient (Wildman–Crippen LogP) is 3.67. The zero-order valence-electron chi connectivity index (χ0n) is 30.8. The lowest BCUT2D eigenvalue weighted by molar-refractivity contribution is -0.129. The SMILES string of the molecule is COC(=O)N=C(C(=O)NN(Cc1ccc(-c2ccccn2)cc1)C[C@H](O)[C@H](Cc1ccccc1)NC(=O)[C@@H](NC(=O)OC)C(C)(C)CO)C(C)(C)C. The van der Waals surface area contributed by atoms with E-state index in [2.05, 4.69) is 26.0 Å². The molecule has 1 aromatic heterocycles. The van der Waals surface area contributed by atoms with Crippen LogP contribution in [0, 0.1) is 10.8 Å². The molecule has 5 N–H and O–H groups in total. The van der Waals surface area contributed by atoms with E-state index in [0.717, 1.165) is 36.6 Å². The van der Waals surface area contributed by atoms with Crippen LogP contribution >= 0.6 is 0 Å². The zero-order chi connectivity index (χ0) is 38.5. The molecular weight excluding hydrogens is 668 g/mol. The van der Waals surface area contributed by atoms with Crippen molar-refractivity contribution in [3.8, 4) is 11.3 Å². The number of aliphatic imine (C=N–C) groups is 1. The Labute approximate surface area is 304 Å². The van der Waals surface area contributed by atoms with Gasteiger partial charge in [0.25, 0.3) is 5.91 Å². The molecule has 0 unspecified atom stereocenters. The van der Waals surface area contributed by atoms with Gasteiger partial charge in [0.15, 0.2) is 0 Å². The molecule has 4 amide bonds. The number of nitrogens with zero attached hydrogens (tertiary/aromatic N) is 3. The molecule has 0 saturated carbocycles. The van der Waals surface area contributed by atoms with Gasteiger partial charge in [0.05, 0.1) is 38.7 Å². The Kier molecular flexibility index (Phi) is 15.0. The third kappa shape index (κ3) is 12.2. The van der Waals surface area contributed by atoms with Gasteiger partial charge in [-0.05, 0) is 29.7 Å². The van der Waals surface area contributed by atoms with E-state index < -0.39 is 59.6 Å². The van der Waals surface area contributed by atoms with E-state index >= 15 is 0 Å². The molecular formula is C38H50N6O8. The Balaban J connectivity index is 1.99. The van der Waals surface area contributed by atoms with Crippen molar-refractivity contribution in [1.82, 2.24) is 26.1 Å². The van der Waals surface area contributed by atoms with Crippen LogP contribution in [0.3, 0.4) is 0 Å². The molecule has 0 fully saturated rings. The first-order valence-electron chi connectivity index (χ1n) is 16.8. The molecule has 0 aliphatic carbocycles. The van der Waals surface area contributed by atoms with Crippen LogP contribution < -0.4 is 16.1 Å². The third-order valence-corrected chi connectivity index (χ3v) is 8.25. The number of aliphatic hydroxyl groups excluding tert-OH is 2. The van der Waals surface area contributed by atoms with Gasteiger partial charge in [0, 0.05) is 35.7 Å². The van der Waals surface area contributed by atoms with Gasteiger partial charge < -0.3 is 30.3 Å². The first-order chi connectivity index (χ1) is 24.6. The van der Waals surface area contributed by atoms with Crippen LogP contribution in [0.4, 0.5) is 9.59 Å². The van der Waals surface area contributed by atoms with Crippen molar-refractivity contribution in [3.05, 3.63) is 90.1 Å². The molecule has 2 aromatic carbocycles. The van der Waals surface area contributed by atoms with Crippen LogP contribution in [0.25, 0.3) is 11.3 Å². The lowest BCUT2D eigenvalue weighted by atomic mass is 9.84. The molecule has 0 aliphatic heterocycles. The topological polar surface area (TPSA) is 192 Å². The Morgan fingerprint density at radius 3 is 2.08 bits per heavy atom. The van der Waals surface area contributed by atoms with E-state index in [1.54, 1.807) is 40.8 Å². The van der Waals surface area contributed by atoms with Crippen molar-refractivity contribution in [2.45, 2.75) is 65.8 Å². The molecule has 52 heavy (non-hydrogen) atoms. The summed E-state index contributed by atoms with van der Waals surface area (Å²) in [5, 5.41) is 28.7. The number of alkyl carbamates (subject to hydrolysis) is 1. The molecule has 3 aromatic rings. The van der Waals surface area contributed by atoms with Gasteiger partial charge >= 0.3 is 12.2 Å². The number of carbonyl (C=O) groups is 4. The third-order valence-electron chi connectivity index (χ3n) is 8.25. The molecule has 0 spiro atoms. The molecule has 280 valence electrons. The van der Waals surface area contributed by atoms with Crippen molar-refractivity contribution in [2.75, 3.05) is 27.4 Å². The number of hydrazine groups is 1. The number of aromatic nitrogens is 1. The Bertz CT molecular complexity index is 1660. The maximum Gasteiger partial charge on any atom is 0.433 e. The minimum Gasteiger partial charge on any atom is -0.453 e. The normalized spacial score (nSPS) is 13.8. The van der Waals surface area contributed by atoms with E-state index in [4.69, 9.17) is 9.47 Å². The number of methoxy groups -OCH3 is 2. The summed E-state index contributed by atoms with van der Waals surface area (Å²) in [5.41, 5.74) is 3.97. The molecule has 14 nitrogen and oxygen atoms in total. The second-order valence-corrected chi connectivity index (χ2v) is 14.0. The second-order valence-electron chi connectivity index (χ2n) is 14.0. The summed E-state index contributed by atoms with van der Waals surface area (Å²) < 4.78 is 9.41. The number of rotatable bonds is 15. The van der Waals surface area contributed by atoms with Crippen LogP contribution in [-0.2, 0) is 32.0 Å². The highest BCUT2D eigenvalue weighted by Crippen LogP contribution is 2.22. The van der Waals surface area contributed by atoms with Crippen LogP contribution in [0.5, 0.6) is 0 Å². The summed E-state index contributed by atoms with van der Waals surface area (Å²) in [6, 6.07) is 20.1. The van der Waals surface area contributed by atoms with Gasteiger partial charge in [0.2, 0.25) is 5.91 Å². The quantitative estimate of drug-likeness (QED) is 0.114. The summed E-state index contributed by atoms with van der Waals surface area (Å²) in [7, 11) is 2.32.